The summed E-state index contributed by atoms with van der Waals surface area (Å²) in [5.41, 5.74) is -7.21. The molecule has 2 saturated carbocycles. The fourth-order valence-electron chi connectivity index (χ4n) is 11.5. The number of ketones is 1. The molecule has 17 nitrogen and oxygen atoms in total. The summed E-state index contributed by atoms with van der Waals surface area (Å²) in [4.78, 5) is 102. The molecule has 3 N–H and O–H groups in total. The SMILES string of the molecule is CCN(CC)CCCC(=O)O[C@@H](C(=O)O[C@H]1C[C@@]2(O)[C@@H](OC(=O)c3ccccc3)[C@@H]3[C@]4(OC(C)=O)CO[C@@H]4C[C@H](O)[C@@]3(C)C(=O)[C@H](OC(C)=O)C(=C1C)C2(C)C)[C@@H](NC(=O)c1ccccc1)c1ccccc1. The Kier molecular flexibility index (Phi) is 15.9. The molecule has 3 aromatic rings. The first-order chi connectivity index (χ1) is 34.1. The molecule has 386 valence electrons. The number of fused-ring (bicyclic) bond motifs is 5. The molecule has 3 fully saturated rings. The third kappa shape index (κ3) is 9.95. The van der Waals surface area contributed by atoms with Gasteiger partial charge < -0.3 is 48.9 Å². The molecule has 7 rings (SSSR count). The zero-order valence-corrected chi connectivity index (χ0v) is 42.1. The number of carbonyl (C=O) groups excluding carboxylic acids is 7. The molecular formula is C55H66N2O15. The van der Waals surface area contributed by atoms with Crippen molar-refractivity contribution in [3.63, 3.8) is 0 Å². The van der Waals surface area contributed by atoms with E-state index in [-0.39, 0.29) is 41.7 Å². The van der Waals surface area contributed by atoms with E-state index in [9.17, 15) is 34.2 Å². The Morgan fingerprint density at radius 1 is 0.833 bits per heavy atom. The smallest absolute Gasteiger partial charge is 0.350 e. The van der Waals surface area contributed by atoms with Crippen molar-refractivity contribution in [3.05, 3.63) is 119 Å². The second-order valence-corrected chi connectivity index (χ2v) is 20.0. The normalized spacial score (nSPS) is 29.1. The van der Waals surface area contributed by atoms with Gasteiger partial charge in [-0.2, -0.15) is 0 Å². The highest BCUT2D eigenvalue weighted by molar-refractivity contribution is 5.96. The summed E-state index contributed by atoms with van der Waals surface area (Å²) in [6.45, 7) is 14.1. The number of nitrogens with one attached hydrogen (secondary N) is 1. The Balaban J connectivity index is 1.40. The second kappa shape index (κ2) is 21.4. The van der Waals surface area contributed by atoms with Crippen molar-refractivity contribution in [2.75, 3.05) is 26.2 Å². The molecule has 3 aromatic carbocycles. The number of aliphatic hydroxyl groups excluding tert-OH is 1. The van der Waals surface area contributed by atoms with Gasteiger partial charge in [-0.15, -0.1) is 0 Å². The van der Waals surface area contributed by atoms with Gasteiger partial charge in [0.25, 0.3) is 5.91 Å². The van der Waals surface area contributed by atoms with Crippen LogP contribution in [0.5, 0.6) is 0 Å². The van der Waals surface area contributed by atoms with Crippen LogP contribution in [0, 0.1) is 16.7 Å². The number of rotatable bonds is 17. The lowest BCUT2D eigenvalue weighted by molar-refractivity contribution is -0.346. The van der Waals surface area contributed by atoms with Crippen molar-refractivity contribution in [2.45, 2.75) is 135 Å². The van der Waals surface area contributed by atoms with Crippen LogP contribution in [0.1, 0.15) is 113 Å². The molecule has 17 heteroatoms. The zero-order valence-electron chi connectivity index (χ0n) is 42.1. The monoisotopic (exact) mass is 994 g/mol. The van der Waals surface area contributed by atoms with E-state index >= 15 is 9.59 Å². The van der Waals surface area contributed by atoms with Gasteiger partial charge in [0.05, 0.1) is 29.6 Å². The molecule has 1 saturated heterocycles. The fraction of sp³-hybridized carbons (Fsp3) is 0.509. The van der Waals surface area contributed by atoms with Crippen LogP contribution < -0.4 is 5.32 Å². The number of amides is 1. The van der Waals surface area contributed by atoms with Crippen LogP contribution in [-0.4, -0.2) is 131 Å². The predicted octanol–water partition coefficient (Wildman–Crippen LogP) is 5.41. The maximum atomic E-state index is 15.8. The highest BCUT2D eigenvalue weighted by Crippen LogP contribution is 2.64. The van der Waals surface area contributed by atoms with Gasteiger partial charge in [-0.25, -0.2) is 9.59 Å². The molecule has 1 aliphatic heterocycles. The Bertz CT molecular complexity index is 2550. The van der Waals surface area contributed by atoms with Gasteiger partial charge in [0, 0.05) is 44.1 Å². The molecule has 3 aliphatic carbocycles. The predicted molar refractivity (Wildman–Crippen MR) is 259 cm³/mol. The van der Waals surface area contributed by atoms with Gasteiger partial charge >= 0.3 is 29.8 Å². The molecule has 1 amide bonds. The van der Waals surface area contributed by atoms with Crippen molar-refractivity contribution in [1.82, 2.24) is 10.2 Å². The van der Waals surface area contributed by atoms with Crippen molar-refractivity contribution >= 4 is 41.5 Å². The Labute approximate surface area is 419 Å². The number of ether oxygens (including phenoxy) is 6. The molecule has 0 aromatic heterocycles. The van der Waals surface area contributed by atoms with Crippen LogP contribution in [0.25, 0.3) is 0 Å². The summed E-state index contributed by atoms with van der Waals surface area (Å²) < 4.78 is 37.0. The lowest BCUT2D eigenvalue weighted by Gasteiger charge is -2.67. The minimum absolute atomic E-state index is 0.0164. The van der Waals surface area contributed by atoms with E-state index in [0.29, 0.717) is 18.5 Å². The molecule has 2 bridgehead atoms. The van der Waals surface area contributed by atoms with Crippen molar-refractivity contribution in [3.8, 4) is 0 Å². The molecule has 4 aliphatic rings. The highest BCUT2D eigenvalue weighted by atomic mass is 16.6. The van der Waals surface area contributed by atoms with Gasteiger partial charge in [-0.3, -0.25) is 24.0 Å². The summed E-state index contributed by atoms with van der Waals surface area (Å²) in [5.74, 6) is -7.62. The first-order valence-electron chi connectivity index (χ1n) is 24.6. The van der Waals surface area contributed by atoms with Crippen LogP contribution in [0.3, 0.4) is 0 Å². The number of hydrogen-bond donors (Lipinski definition) is 3. The van der Waals surface area contributed by atoms with Gasteiger partial charge in [0.2, 0.25) is 6.10 Å². The molecular weight excluding hydrogens is 929 g/mol. The maximum absolute atomic E-state index is 15.8. The molecule has 72 heavy (non-hydrogen) atoms. The van der Waals surface area contributed by atoms with Crippen LogP contribution in [0.4, 0.5) is 0 Å². The van der Waals surface area contributed by atoms with Gasteiger partial charge in [0.15, 0.2) is 17.5 Å². The molecule has 11 atom stereocenters. The Hall–Kier alpha value is -6.27. The number of benzene rings is 3. The fourth-order valence-corrected chi connectivity index (χ4v) is 11.5. The zero-order chi connectivity index (χ0) is 52.3. The van der Waals surface area contributed by atoms with Crippen molar-refractivity contribution in [2.24, 2.45) is 16.7 Å². The van der Waals surface area contributed by atoms with Gasteiger partial charge in [-0.1, -0.05) is 94.4 Å². The van der Waals surface area contributed by atoms with Crippen LogP contribution in [-0.2, 0) is 52.4 Å². The average Bonchev–Trinajstić information content (AvgIpc) is 3.35. The molecule has 0 unspecified atom stereocenters. The van der Waals surface area contributed by atoms with E-state index in [1.165, 1.54) is 19.1 Å². The molecule has 0 radical (unpaired) electrons. The quantitative estimate of drug-likeness (QED) is 0.0872. The van der Waals surface area contributed by atoms with Crippen LogP contribution in [0.15, 0.2) is 102 Å². The van der Waals surface area contributed by atoms with Crippen molar-refractivity contribution < 1.29 is 72.2 Å². The number of Topliss-reactive ketones (excluding diaryl/α,β-unsaturated/α-hetero) is 1. The van der Waals surface area contributed by atoms with Crippen molar-refractivity contribution in [1.29, 1.82) is 0 Å². The summed E-state index contributed by atoms with van der Waals surface area (Å²) in [6.07, 6.45) is -10.3. The highest BCUT2D eigenvalue weighted by Gasteiger charge is 2.78. The van der Waals surface area contributed by atoms with E-state index in [1.807, 2.05) is 13.8 Å². The number of hydrogen-bond acceptors (Lipinski definition) is 16. The third-order valence-electron chi connectivity index (χ3n) is 15.5. The van der Waals surface area contributed by atoms with Gasteiger partial charge in [-0.05, 0) is 80.9 Å². The van der Waals surface area contributed by atoms with E-state index in [1.54, 1.807) is 99.6 Å². The maximum Gasteiger partial charge on any atom is 0.350 e. The summed E-state index contributed by atoms with van der Waals surface area (Å²) in [7, 11) is 0. The van der Waals surface area contributed by atoms with E-state index in [4.69, 9.17) is 28.4 Å². The number of carbonyl (C=O) groups is 7. The average molecular weight is 995 g/mol. The van der Waals surface area contributed by atoms with E-state index < -0.39 is 119 Å². The standard InChI is InChI=1S/C55H66N2O15/c1-9-57(10-2)28-20-27-41(61)70-45(43(35-21-14-11-15-22-35)56-49(63)36-23-16-12-17-24-36)51(65)69-38-30-55(66)48(71-50(64)37-25-18-13-19-26-37)46-53(8,39(60)29-40-54(46,31-67-40)72-34(5)59)47(62)44(68-33(4)58)42(32(38)3)52(55,6)7/h11-19,21-26,38-40,43-46,48,60,66H,9-10,20,27-31H2,1-8H3,(H,56,63)/t38-,39-,40+,43-,44+,45+,46-,48-,53+,54-,55+/m0/s1. The van der Waals surface area contributed by atoms with E-state index in [0.717, 1.165) is 26.9 Å². The van der Waals surface area contributed by atoms with Gasteiger partial charge in [0.1, 0.15) is 30.0 Å². The Morgan fingerprint density at radius 2 is 1.43 bits per heavy atom. The topological polar surface area (TPSA) is 231 Å². The minimum atomic E-state index is -2.44. The third-order valence-corrected chi connectivity index (χ3v) is 15.5. The molecule has 1 heterocycles. The Morgan fingerprint density at radius 3 is 1.99 bits per heavy atom. The summed E-state index contributed by atoms with van der Waals surface area (Å²) in [6, 6.07) is 23.1. The first-order valence-corrected chi connectivity index (χ1v) is 24.6. The minimum Gasteiger partial charge on any atom is -0.455 e. The number of aliphatic hydroxyl groups is 2. The van der Waals surface area contributed by atoms with Crippen LogP contribution in [0.2, 0.25) is 0 Å². The first kappa shape index (κ1) is 53.5. The van der Waals surface area contributed by atoms with Crippen LogP contribution >= 0.6 is 0 Å². The summed E-state index contributed by atoms with van der Waals surface area (Å²) in [5, 5.41) is 29.1. The second-order valence-electron chi connectivity index (χ2n) is 20.0. The summed E-state index contributed by atoms with van der Waals surface area (Å²) >= 11 is 0. The van der Waals surface area contributed by atoms with E-state index in [2.05, 4.69) is 10.2 Å². The number of nitrogens with zero attached hydrogens (tertiary/aromatic N) is 1. The number of esters is 5. The lowest BCUT2D eigenvalue weighted by Crippen LogP contribution is -2.82. The lowest BCUT2D eigenvalue weighted by atomic mass is 9.44. The molecule has 0 spiro atoms. The largest absolute Gasteiger partial charge is 0.455 e.